The second kappa shape index (κ2) is 12.5. The second-order valence-corrected chi connectivity index (χ2v) is 9.51. The molecule has 0 radical (unpaired) electrons. The molecule has 1 aliphatic rings. The smallest absolute Gasteiger partial charge is 0.143 e. The molecule has 1 fully saturated rings. The molecule has 1 heterocycles. The van der Waals surface area contributed by atoms with E-state index in [0.29, 0.717) is 13.2 Å². The number of benzene rings is 4. The lowest BCUT2D eigenvalue weighted by Gasteiger charge is -2.37. The summed E-state index contributed by atoms with van der Waals surface area (Å²) in [5, 5.41) is 11.1. The van der Waals surface area contributed by atoms with Crippen molar-refractivity contribution >= 4 is 0 Å². The van der Waals surface area contributed by atoms with Crippen LogP contribution in [0.3, 0.4) is 0 Å². The van der Waals surface area contributed by atoms with Gasteiger partial charge < -0.3 is 28.8 Å². The predicted octanol–water partition coefficient (Wildman–Crippen LogP) is 5.36. The maximum absolute atomic E-state index is 11.1. The maximum atomic E-state index is 11.1. The molecular formula is C33H34O6. The fourth-order valence-electron chi connectivity index (χ4n) is 5.01. The topological polar surface area (TPSA) is 66.4 Å². The molecule has 0 spiro atoms. The van der Waals surface area contributed by atoms with Crippen LogP contribution >= 0.6 is 0 Å². The molecular weight excluding hydrogens is 492 g/mol. The summed E-state index contributed by atoms with van der Waals surface area (Å²) in [6.45, 7) is 0.857. The van der Waals surface area contributed by atoms with Crippen LogP contribution in [0, 0.1) is 0 Å². The van der Waals surface area contributed by atoms with Crippen molar-refractivity contribution in [3.8, 4) is 11.5 Å². The molecule has 0 amide bonds. The summed E-state index contributed by atoms with van der Waals surface area (Å²) < 4.78 is 29.7. The number of ether oxygens (including phenoxy) is 5. The third-order valence-corrected chi connectivity index (χ3v) is 7.18. The van der Waals surface area contributed by atoms with Gasteiger partial charge in [0.25, 0.3) is 0 Å². The molecule has 1 saturated heterocycles. The third-order valence-electron chi connectivity index (χ3n) is 7.18. The Morgan fingerprint density at radius 2 is 1.23 bits per heavy atom. The Balaban J connectivity index is 1.45. The Labute approximate surface area is 229 Å². The summed E-state index contributed by atoms with van der Waals surface area (Å²) in [5.74, 6) is 1.51. The van der Waals surface area contributed by atoms with E-state index in [1.165, 1.54) is 0 Å². The first kappa shape index (κ1) is 26.9. The summed E-state index contributed by atoms with van der Waals surface area (Å²) in [6.07, 6.45) is -1.81. The van der Waals surface area contributed by atoms with Crippen LogP contribution in [0.5, 0.6) is 11.5 Å². The Morgan fingerprint density at radius 1 is 0.718 bits per heavy atom. The largest absolute Gasteiger partial charge is 0.497 e. The summed E-state index contributed by atoms with van der Waals surface area (Å²) in [7, 11) is 3.29. The molecule has 6 heteroatoms. The summed E-state index contributed by atoms with van der Waals surface area (Å²) >= 11 is 0. The number of hydrogen-bond acceptors (Lipinski definition) is 6. The molecule has 6 nitrogen and oxygen atoms in total. The van der Waals surface area contributed by atoms with E-state index in [0.717, 1.165) is 33.8 Å². The predicted molar refractivity (Wildman–Crippen MR) is 149 cm³/mol. The number of methoxy groups -OCH3 is 2. The van der Waals surface area contributed by atoms with Gasteiger partial charge in [0.05, 0.1) is 34.0 Å². The first-order valence-electron chi connectivity index (χ1n) is 13.1. The van der Waals surface area contributed by atoms with Crippen molar-refractivity contribution in [3.63, 3.8) is 0 Å². The molecule has 0 unspecified atom stereocenters. The van der Waals surface area contributed by atoms with Gasteiger partial charge in [0.1, 0.15) is 35.4 Å². The molecule has 1 N–H and O–H groups in total. The van der Waals surface area contributed by atoms with Crippen LogP contribution in [0.1, 0.15) is 22.3 Å². The fraction of sp³-hybridized carbons (Fsp3) is 0.273. The Morgan fingerprint density at radius 3 is 1.77 bits per heavy atom. The highest BCUT2D eigenvalue weighted by Gasteiger charge is 2.42. The number of aliphatic hydroxyl groups excluding tert-OH is 1. The van der Waals surface area contributed by atoms with Gasteiger partial charge >= 0.3 is 0 Å². The lowest BCUT2D eigenvalue weighted by molar-refractivity contribution is -0.0766. The normalized spacial score (nSPS) is 19.1. The van der Waals surface area contributed by atoms with Gasteiger partial charge in [0.15, 0.2) is 0 Å². The minimum Gasteiger partial charge on any atom is -0.497 e. The van der Waals surface area contributed by atoms with Crippen molar-refractivity contribution in [1.29, 1.82) is 0 Å². The number of aliphatic hydroxyl groups is 1. The molecule has 202 valence electrons. The van der Waals surface area contributed by atoms with Gasteiger partial charge in [-0.05, 0) is 46.5 Å². The van der Waals surface area contributed by atoms with E-state index >= 15 is 0 Å². The Bertz CT molecular complexity index is 1240. The van der Waals surface area contributed by atoms with Crippen molar-refractivity contribution in [1.82, 2.24) is 0 Å². The zero-order valence-electron chi connectivity index (χ0n) is 22.2. The standard InChI is InChI=1S/C33H34O6/c1-35-28-17-13-26(14-18-28)33(25-11-7-4-8-12-25,27-15-19-29(36-2)20-16-27)39-23-31-32(34)30(22-38-31)37-21-24-9-5-3-6-10-24/h3-20,30-32,34H,21-23H2,1-2H3/t30-,31+,32-/m0/s1. The zero-order chi connectivity index (χ0) is 27.1. The Hall–Kier alpha value is -3.68. The van der Waals surface area contributed by atoms with Crippen LogP contribution in [-0.2, 0) is 26.4 Å². The van der Waals surface area contributed by atoms with Crippen LogP contribution in [0.15, 0.2) is 109 Å². The average Bonchev–Trinajstić information content (AvgIpc) is 3.36. The molecule has 4 aromatic rings. The van der Waals surface area contributed by atoms with E-state index in [1.54, 1.807) is 14.2 Å². The van der Waals surface area contributed by atoms with Crippen molar-refractivity contribution < 1.29 is 28.8 Å². The molecule has 0 saturated carbocycles. The van der Waals surface area contributed by atoms with Gasteiger partial charge in [-0.1, -0.05) is 84.9 Å². The molecule has 0 aliphatic carbocycles. The first-order valence-corrected chi connectivity index (χ1v) is 13.1. The van der Waals surface area contributed by atoms with Gasteiger partial charge in [0.2, 0.25) is 0 Å². The minimum absolute atomic E-state index is 0.152. The van der Waals surface area contributed by atoms with Gasteiger partial charge in [-0.3, -0.25) is 0 Å². The van der Waals surface area contributed by atoms with Gasteiger partial charge in [-0.25, -0.2) is 0 Å². The molecule has 1 aliphatic heterocycles. The third kappa shape index (κ3) is 5.84. The van der Waals surface area contributed by atoms with Crippen LogP contribution in [0.2, 0.25) is 0 Å². The van der Waals surface area contributed by atoms with Crippen molar-refractivity contribution in [3.05, 3.63) is 131 Å². The zero-order valence-corrected chi connectivity index (χ0v) is 22.2. The van der Waals surface area contributed by atoms with Crippen LogP contribution in [0.4, 0.5) is 0 Å². The quantitative estimate of drug-likeness (QED) is 0.266. The number of rotatable bonds is 11. The molecule has 0 aromatic heterocycles. The van der Waals surface area contributed by atoms with Crippen molar-refractivity contribution in [2.45, 2.75) is 30.5 Å². The highest BCUT2D eigenvalue weighted by Crippen LogP contribution is 2.42. The van der Waals surface area contributed by atoms with E-state index in [1.807, 2.05) is 109 Å². The van der Waals surface area contributed by atoms with E-state index in [2.05, 4.69) is 0 Å². The van der Waals surface area contributed by atoms with Gasteiger partial charge in [-0.15, -0.1) is 0 Å². The van der Waals surface area contributed by atoms with E-state index in [-0.39, 0.29) is 6.61 Å². The molecule has 4 aromatic carbocycles. The monoisotopic (exact) mass is 526 g/mol. The lowest BCUT2D eigenvalue weighted by atomic mass is 9.80. The highest BCUT2D eigenvalue weighted by molar-refractivity contribution is 5.49. The summed E-state index contributed by atoms with van der Waals surface area (Å²) in [5.41, 5.74) is 2.86. The van der Waals surface area contributed by atoms with E-state index < -0.39 is 23.9 Å². The van der Waals surface area contributed by atoms with Crippen LogP contribution < -0.4 is 9.47 Å². The van der Waals surface area contributed by atoms with Crippen molar-refractivity contribution in [2.75, 3.05) is 27.4 Å². The maximum Gasteiger partial charge on any atom is 0.143 e. The second-order valence-electron chi connectivity index (χ2n) is 9.51. The molecule has 0 bridgehead atoms. The minimum atomic E-state index is -0.980. The van der Waals surface area contributed by atoms with Crippen molar-refractivity contribution in [2.24, 2.45) is 0 Å². The number of hydrogen-bond donors (Lipinski definition) is 1. The van der Waals surface area contributed by atoms with Crippen LogP contribution in [-0.4, -0.2) is 50.9 Å². The lowest BCUT2D eigenvalue weighted by Crippen LogP contribution is -2.40. The van der Waals surface area contributed by atoms with E-state index in [9.17, 15) is 5.11 Å². The average molecular weight is 527 g/mol. The first-order chi connectivity index (χ1) is 19.1. The summed E-state index contributed by atoms with van der Waals surface area (Å²) in [6, 6.07) is 35.7. The molecule has 39 heavy (non-hydrogen) atoms. The van der Waals surface area contributed by atoms with Crippen LogP contribution in [0.25, 0.3) is 0 Å². The SMILES string of the molecule is COc1ccc(C(OC[C@H]2OC[C@H](OCc3ccccc3)[C@@H]2O)(c2ccccc2)c2ccc(OC)cc2)cc1. The summed E-state index contributed by atoms with van der Waals surface area (Å²) in [4.78, 5) is 0. The highest BCUT2D eigenvalue weighted by atomic mass is 16.6. The molecule has 3 atom stereocenters. The van der Waals surface area contributed by atoms with Gasteiger partial charge in [-0.2, -0.15) is 0 Å². The fourth-order valence-corrected chi connectivity index (χ4v) is 5.01. The molecule has 5 rings (SSSR count). The Kier molecular flexibility index (Phi) is 8.59. The van der Waals surface area contributed by atoms with E-state index in [4.69, 9.17) is 23.7 Å². The van der Waals surface area contributed by atoms with Gasteiger partial charge in [0, 0.05) is 0 Å².